The lowest BCUT2D eigenvalue weighted by molar-refractivity contribution is 0.0768. The first-order valence-corrected chi connectivity index (χ1v) is 6.97. The third-order valence-electron chi connectivity index (χ3n) is 2.46. The lowest BCUT2D eigenvalue weighted by Crippen LogP contribution is -2.34. The summed E-state index contributed by atoms with van der Waals surface area (Å²) in [6.45, 7) is 2.93. The number of hydrogen-bond donors (Lipinski definition) is 1. The van der Waals surface area contributed by atoms with Crippen LogP contribution >= 0.6 is 34.8 Å². The molecule has 6 heteroatoms. The number of carbonyl (C=O) groups is 1. The van der Waals surface area contributed by atoms with Crippen molar-refractivity contribution in [2.75, 3.05) is 13.1 Å². The van der Waals surface area contributed by atoms with Crippen LogP contribution in [0.3, 0.4) is 0 Å². The van der Waals surface area contributed by atoms with Gasteiger partial charge >= 0.3 is 0 Å². The Morgan fingerprint density at radius 3 is 2.72 bits per heavy atom. The summed E-state index contributed by atoms with van der Waals surface area (Å²) in [6, 6.07) is 4.13. The van der Waals surface area contributed by atoms with Crippen molar-refractivity contribution in [1.82, 2.24) is 4.90 Å². The summed E-state index contributed by atoms with van der Waals surface area (Å²) in [5, 5.41) is 0. The van der Waals surface area contributed by atoms with E-state index >= 15 is 0 Å². The van der Waals surface area contributed by atoms with Crippen molar-refractivity contribution in [3.05, 3.63) is 33.1 Å². The number of nitrogens with two attached hydrogens (primary N) is 1. The Kier molecular flexibility index (Phi) is 5.94. The van der Waals surface area contributed by atoms with Crippen LogP contribution in [0.2, 0.25) is 0 Å². The maximum Gasteiger partial charge on any atom is 0.254 e. The zero-order valence-corrected chi connectivity index (χ0v) is 12.9. The van der Waals surface area contributed by atoms with Gasteiger partial charge in [-0.25, -0.2) is 4.39 Å². The van der Waals surface area contributed by atoms with Crippen LogP contribution in [0.5, 0.6) is 0 Å². The lowest BCUT2D eigenvalue weighted by Gasteiger charge is -2.21. The molecule has 0 atom stereocenters. The first-order valence-electron chi connectivity index (χ1n) is 5.48. The highest BCUT2D eigenvalue weighted by atomic mass is 127. The largest absolute Gasteiger partial charge is 0.393 e. The molecule has 0 aliphatic carbocycles. The highest BCUT2D eigenvalue weighted by molar-refractivity contribution is 14.1. The van der Waals surface area contributed by atoms with Crippen molar-refractivity contribution in [2.45, 2.75) is 13.3 Å². The first kappa shape index (κ1) is 15.3. The number of carbonyl (C=O) groups excluding carboxylic acids is 1. The van der Waals surface area contributed by atoms with Crippen molar-refractivity contribution in [2.24, 2.45) is 5.73 Å². The van der Waals surface area contributed by atoms with Crippen LogP contribution in [0.25, 0.3) is 0 Å². The van der Waals surface area contributed by atoms with Gasteiger partial charge in [-0.1, -0.05) is 12.2 Å². The Morgan fingerprint density at radius 2 is 2.22 bits per heavy atom. The van der Waals surface area contributed by atoms with Crippen molar-refractivity contribution in [1.29, 1.82) is 0 Å². The number of halogens is 2. The van der Waals surface area contributed by atoms with E-state index in [0.29, 0.717) is 33.6 Å². The standard InChI is InChI=1S/C12H14FIN2OS/c1-2-16(6-5-11(15)18)12(17)9-4-3-8(13)7-10(9)14/h3-4,7H,2,5-6H2,1H3,(H2,15,18). The molecule has 1 rings (SSSR count). The SMILES string of the molecule is CCN(CCC(N)=S)C(=O)c1ccc(F)cc1I. The average molecular weight is 380 g/mol. The monoisotopic (exact) mass is 380 g/mol. The minimum Gasteiger partial charge on any atom is -0.393 e. The Morgan fingerprint density at radius 1 is 1.56 bits per heavy atom. The molecule has 0 aromatic heterocycles. The van der Waals surface area contributed by atoms with Crippen LogP contribution in [0, 0.1) is 9.39 Å². The number of rotatable bonds is 5. The highest BCUT2D eigenvalue weighted by Crippen LogP contribution is 2.16. The quantitative estimate of drug-likeness (QED) is 0.631. The van der Waals surface area contributed by atoms with Crippen LogP contribution in [0.15, 0.2) is 18.2 Å². The minimum absolute atomic E-state index is 0.127. The van der Waals surface area contributed by atoms with Crippen LogP contribution in [-0.2, 0) is 0 Å². The molecule has 2 N–H and O–H groups in total. The summed E-state index contributed by atoms with van der Waals surface area (Å²) >= 11 is 6.75. The Balaban J connectivity index is 2.86. The number of nitrogens with zero attached hydrogens (tertiary/aromatic N) is 1. The van der Waals surface area contributed by atoms with Gasteiger partial charge in [-0.3, -0.25) is 4.79 Å². The average Bonchev–Trinajstić information content (AvgIpc) is 2.29. The molecule has 0 aliphatic heterocycles. The Hall–Kier alpha value is -0.760. The molecule has 0 saturated carbocycles. The number of benzene rings is 1. The van der Waals surface area contributed by atoms with Crippen molar-refractivity contribution < 1.29 is 9.18 Å². The second-order valence-corrected chi connectivity index (χ2v) is 5.41. The van der Waals surface area contributed by atoms with Gasteiger partial charge in [0.25, 0.3) is 5.91 Å². The van der Waals surface area contributed by atoms with Gasteiger partial charge in [-0.05, 0) is 47.7 Å². The second kappa shape index (κ2) is 6.98. The van der Waals surface area contributed by atoms with Gasteiger partial charge < -0.3 is 10.6 Å². The third kappa shape index (κ3) is 4.16. The molecule has 98 valence electrons. The van der Waals surface area contributed by atoms with Gasteiger partial charge in [0.05, 0.1) is 10.6 Å². The van der Waals surface area contributed by atoms with E-state index in [9.17, 15) is 9.18 Å². The fourth-order valence-electron chi connectivity index (χ4n) is 1.48. The van der Waals surface area contributed by atoms with Gasteiger partial charge in [-0.2, -0.15) is 0 Å². The lowest BCUT2D eigenvalue weighted by atomic mass is 10.2. The molecule has 0 saturated heterocycles. The molecule has 0 unspecified atom stereocenters. The molecule has 0 heterocycles. The van der Waals surface area contributed by atoms with E-state index in [0.717, 1.165) is 0 Å². The molecule has 3 nitrogen and oxygen atoms in total. The zero-order chi connectivity index (χ0) is 13.7. The fourth-order valence-corrected chi connectivity index (χ4v) is 2.28. The van der Waals surface area contributed by atoms with Gasteiger partial charge in [0.15, 0.2) is 0 Å². The molecule has 0 fully saturated rings. The Labute approximate surface area is 125 Å². The van der Waals surface area contributed by atoms with E-state index in [1.807, 2.05) is 29.5 Å². The molecular weight excluding hydrogens is 366 g/mol. The summed E-state index contributed by atoms with van der Waals surface area (Å²) in [7, 11) is 0. The smallest absolute Gasteiger partial charge is 0.254 e. The normalized spacial score (nSPS) is 10.2. The molecule has 1 amide bonds. The maximum absolute atomic E-state index is 13.0. The summed E-state index contributed by atoms with van der Waals surface area (Å²) in [4.78, 5) is 14.3. The molecule has 0 spiro atoms. The highest BCUT2D eigenvalue weighted by Gasteiger charge is 2.17. The van der Waals surface area contributed by atoms with Gasteiger partial charge in [0, 0.05) is 23.1 Å². The van der Waals surface area contributed by atoms with Crippen LogP contribution in [-0.4, -0.2) is 28.9 Å². The van der Waals surface area contributed by atoms with E-state index in [1.165, 1.54) is 18.2 Å². The van der Waals surface area contributed by atoms with E-state index in [4.69, 9.17) is 18.0 Å². The number of hydrogen-bond acceptors (Lipinski definition) is 2. The predicted octanol–water partition coefficient (Wildman–Crippen LogP) is 2.57. The zero-order valence-electron chi connectivity index (χ0n) is 9.95. The third-order valence-corrected chi connectivity index (χ3v) is 3.56. The molecule has 0 aliphatic rings. The second-order valence-electron chi connectivity index (χ2n) is 3.73. The van der Waals surface area contributed by atoms with Crippen molar-refractivity contribution in [3.63, 3.8) is 0 Å². The van der Waals surface area contributed by atoms with E-state index in [2.05, 4.69) is 0 Å². The predicted molar refractivity (Wildman–Crippen MR) is 82.1 cm³/mol. The molecule has 1 aromatic carbocycles. The maximum atomic E-state index is 13.0. The van der Waals surface area contributed by atoms with Gasteiger partial charge in [-0.15, -0.1) is 0 Å². The molecule has 0 radical (unpaired) electrons. The summed E-state index contributed by atoms with van der Waals surface area (Å²) in [5.74, 6) is -0.472. The van der Waals surface area contributed by atoms with Gasteiger partial charge in [0.2, 0.25) is 0 Å². The topological polar surface area (TPSA) is 46.3 Å². The number of amides is 1. The summed E-state index contributed by atoms with van der Waals surface area (Å²) in [6.07, 6.45) is 0.493. The van der Waals surface area contributed by atoms with Gasteiger partial charge in [0.1, 0.15) is 5.82 Å². The van der Waals surface area contributed by atoms with E-state index in [1.54, 1.807) is 4.90 Å². The molecule has 1 aromatic rings. The molecular formula is C12H14FIN2OS. The molecule has 0 bridgehead atoms. The summed E-state index contributed by atoms with van der Waals surface area (Å²) in [5.41, 5.74) is 5.93. The Bertz CT molecular complexity index is 467. The van der Waals surface area contributed by atoms with E-state index < -0.39 is 0 Å². The summed E-state index contributed by atoms with van der Waals surface area (Å²) < 4.78 is 13.6. The number of thiocarbonyl (C=S) groups is 1. The van der Waals surface area contributed by atoms with Crippen molar-refractivity contribution >= 4 is 45.7 Å². The van der Waals surface area contributed by atoms with Crippen LogP contribution in [0.4, 0.5) is 4.39 Å². The van der Waals surface area contributed by atoms with E-state index in [-0.39, 0.29) is 11.7 Å². The van der Waals surface area contributed by atoms with Crippen LogP contribution < -0.4 is 5.73 Å². The molecule has 18 heavy (non-hydrogen) atoms. The minimum atomic E-state index is -0.345. The first-order chi connectivity index (χ1) is 8.45. The fraction of sp³-hybridized carbons (Fsp3) is 0.333. The van der Waals surface area contributed by atoms with Crippen LogP contribution in [0.1, 0.15) is 23.7 Å². The van der Waals surface area contributed by atoms with Crippen molar-refractivity contribution in [3.8, 4) is 0 Å².